The number of benzene rings is 3. The summed E-state index contributed by atoms with van der Waals surface area (Å²) in [5, 5.41) is 12.4. The van der Waals surface area contributed by atoms with Crippen molar-refractivity contribution < 1.29 is 17.5 Å². The molecule has 0 saturated carbocycles. The van der Waals surface area contributed by atoms with Crippen molar-refractivity contribution in [1.82, 2.24) is 0 Å². The van der Waals surface area contributed by atoms with Gasteiger partial charge in [-0.2, -0.15) is 8.42 Å². The standard InChI is InChI=1S/C17H13NO5S/c1-12-6-9-14(10-7-12)24(21,22)23-16-11-8-13-4-2-3-5-15(13)17(16)18(19)20/h2-11H,1H3. The number of hydrogen-bond donors (Lipinski definition) is 0. The number of hydrogen-bond acceptors (Lipinski definition) is 5. The first-order valence-electron chi connectivity index (χ1n) is 7.06. The molecule has 0 N–H and O–H groups in total. The van der Waals surface area contributed by atoms with Crippen molar-refractivity contribution in [1.29, 1.82) is 0 Å². The lowest BCUT2D eigenvalue weighted by atomic mass is 10.1. The summed E-state index contributed by atoms with van der Waals surface area (Å²) >= 11 is 0. The average molecular weight is 343 g/mol. The molecule has 0 bridgehead atoms. The molecule has 0 aliphatic carbocycles. The first kappa shape index (κ1) is 15.9. The van der Waals surface area contributed by atoms with Crippen LogP contribution in [0.2, 0.25) is 0 Å². The Kier molecular flexibility index (Phi) is 3.94. The Bertz CT molecular complexity index is 1030. The topological polar surface area (TPSA) is 86.5 Å². The van der Waals surface area contributed by atoms with E-state index in [-0.39, 0.29) is 16.3 Å². The molecule has 0 radical (unpaired) electrons. The molecule has 24 heavy (non-hydrogen) atoms. The van der Waals surface area contributed by atoms with E-state index < -0.39 is 15.0 Å². The van der Waals surface area contributed by atoms with Gasteiger partial charge in [0.25, 0.3) is 0 Å². The van der Waals surface area contributed by atoms with Gasteiger partial charge < -0.3 is 4.18 Å². The summed E-state index contributed by atoms with van der Waals surface area (Å²) in [6, 6.07) is 15.6. The fourth-order valence-corrected chi connectivity index (χ4v) is 3.30. The maximum Gasteiger partial charge on any atom is 0.339 e. The number of nitro benzene ring substituents is 1. The zero-order valence-corrected chi connectivity index (χ0v) is 13.5. The molecule has 0 aromatic heterocycles. The molecular weight excluding hydrogens is 330 g/mol. The van der Waals surface area contributed by atoms with Gasteiger partial charge in [-0.15, -0.1) is 0 Å². The van der Waals surface area contributed by atoms with E-state index in [0.717, 1.165) is 5.56 Å². The Hall–Kier alpha value is -2.93. The van der Waals surface area contributed by atoms with Crippen LogP contribution in [-0.4, -0.2) is 13.3 Å². The SMILES string of the molecule is Cc1ccc(S(=O)(=O)Oc2ccc3ccccc3c2[N+](=O)[O-])cc1. The van der Waals surface area contributed by atoms with Gasteiger partial charge in [-0.25, -0.2) is 0 Å². The third kappa shape index (κ3) is 2.93. The van der Waals surface area contributed by atoms with E-state index in [1.807, 2.05) is 6.92 Å². The molecule has 7 heteroatoms. The largest absolute Gasteiger partial charge is 0.372 e. The Morgan fingerprint density at radius 3 is 2.29 bits per heavy atom. The van der Waals surface area contributed by atoms with Crippen molar-refractivity contribution in [2.24, 2.45) is 0 Å². The molecule has 3 rings (SSSR count). The number of aryl methyl sites for hydroxylation is 1. The van der Waals surface area contributed by atoms with Crippen molar-refractivity contribution in [3.05, 3.63) is 76.3 Å². The van der Waals surface area contributed by atoms with E-state index in [0.29, 0.717) is 10.8 Å². The number of nitro groups is 1. The predicted octanol–water partition coefficient (Wildman–Crippen LogP) is 3.82. The minimum atomic E-state index is -4.16. The molecule has 3 aromatic rings. The highest BCUT2D eigenvalue weighted by Crippen LogP contribution is 2.36. The molecule has 0 fully saturated rings. The fraction of sp³-hybridized carbons (Fsp3) is 0.0588. The molecule has 0 atom stereocenters. The van der Waals surface area contributed by atoms with Crippen molar-refractivity contribution in [3.63, 3.8) is 0 Å². The van der Waals surface area contributed by atoms with E-state index in [1.165, 1.54) is 18.2 Å². The average Bonchev–Trinajstić information content (AvgIpc) is 2.54. The second-order valence-corrected chi connectivity index (χ2v) is 6.79. The number of rotatable bonds is 4. The molecule has 0 spiro atoms. The minimum Gasteiger partial charge on any atom is -0.372 e. The van der Waals surface area contributed by atoms with Crippen LogP contribution < -0.4 is 4.18 Å². The van der Waals surface area contributed by atoms with Crippen molar-refractivity contribution in [3.8, 4) is 5.75 Å². The van der Waals surface area contributed by atoms with Crippen LogP contribution in [0.3, 0.4) is 0 Å². The Morgan fingerprint density at radius 2 is 1.62 bits per heavy atom. The molecule has 0 heterocycles. The molecule has 0 amide bonds. The maximum absolute atomic E-state index is 12.4. The summed E-state index contributed by atoms with van der Waals surface area (Å²) in [7, 11) is -4.16. The van der Waals surface area contributed by atoms with Gasteiger partial charge in [-0.05, 0) is 36.6 Å². The maximum atomic E-state index is 12.4. The van der Waals surface area contributed by atoms with Crippen LogP contribution in [0.4, 0.5) is 5.69 Å². The third-order valence-corrected chi connectivity index (χ3v) is 4.80. The lowest BCUT2D eigenvalue weighted by Crippen LogP contribution is -2.11. The minimum absolute atomic E-state index is 0.0597. The molecule has 0 aliphatic heterocycles. The molecule has 6 nitrogen and oxygen atoms in total. The number of fused-ring (bicyclic) bond motifs is 1. The van der Waals surface area contributed by atoms with Gasteiger partial charge in [0, 0.05) is 0 Å². The van der Waals surface area contributed by atoms with Crippen LogP contribution in [0.25, 0.3) is 10.8 Å². The van der Waals surface area contributed by atoms with E-state index in [4.69, 9.17) is 4.18 Å². The second-order valence-electron chi connectivity index (χ2n) is 5.24. The quantitative estimate of drug-likeness (QED) is 0.408. The van der Waals surface area contributed by atoms with Crippen molar-refractivity contribution in [2.75, 3.05) is 0 Å². The monoisotopic (exact) mass is 343 g/mol. The Morgan fingerprint density at radius 1 is 0.958 bits per heavy atom. The normalized spacial score (nSPS) is 11.4. The zero-order valence-electron chi connectivity index (χ0n) is 12.7. The summed E-state index contributed by atoms with van der Waals surface area (Å²) in [5.74, 6) is -0.306. The Labute approximate surface area is 138 Å². The first-order chi connectivity index (χ1) is 11.4. The van der Waals surface area contributed by atoms with Gasteiger partial charge in [-0.1, -0.05) is 42.0 Å². The van der Waals surface area contributed by atoms with E-state index in [9.17, 15) is 18.5 Å². The van der Waals surface area contributed by atoms with Gasteiger partial charge >= 0.3 is 15.8 Å². The van der Waals surface area contributed by atoms with E-state index in [2.05, 4.69) is 0 Å². The molecule has 0 saturated heterocycles. The summed E-state index contributed by atoms with van der Waals surface area (Å²) in [4.78, 5) is 10.7. The van der Waals surface area contributed by atoms with Crippen LogP contribution in [0.1, 0.15) is 5.56 Å². The lowest BCUT2D eigenvalue weighted by Gasteiger charge is -2.09. The highest BCUT2D eigenvalue weighted by molar-refractivity contribution is 7.87. The lowest BCUT2D eigenvalue weighted by molar-refractivity contribution is -0.383. The zero-order chi connectivity index (χ0) is 17.3. The highest BCUT2D eigenvalue weighted by Gasteiger charge is 2.25. The summed E-state index contributed by atoms with van der Waals surface area (Å²) < 4.78 is 29.8. The van der Waals surface area contributed by atoms with Crippen LogP contribution >= 0.6 is 0 Å². The predicted molar refractivity (Wildman–Crippen MR) is 89.6 cm³/mol. The highest BCUT2D eigenvalue weighted by atomic mass is 32.2. The van der Waals surface area contributed by atoms with E-state index >= 15 is 0 Å². The molecular formula is C17H13NO5S. The van der Waals surface area contributed by atoms with Crippen LogP contribution in [-0.2, 0) is 10.1 Å². The van der Waals surface area contributed by atoms with Gasteiger partial charge in [-0.3, -0.25) is 10.1 Å². The summed E-state index contributed by atoms with van der Waals surface area (Å²) in [6.07, 6.45) is 0. The van der Waals surface area contributed by atoms with Crippen molar-refractivity contribution >= 4 is 26.6 Å². The van der Waals surface area contributed by atoms with Gasteiger partial charge in [0.1, 0.15) is 4.90 Å². The van der Waals surface area contributed by atoms with Crippen LogP contribution in [0.15, 0.2) is 65.6 Å². The van der Waals surface area contributed by atoms with Gasteiger partial charge in [0.15, 0.2) is 0 Å². The molecule has 3 aromatic carbocycles. The summed E-state index contributed by atoms with van der Waals surface area (Å²) in [6.45, 7) is 1.82. The molecule has 122 valence electrons. The van der Waals surface area contributed by atoms with Crippen LogP contribution in [0, 0.1) is 17.0 Å². The third-order valence-electron chi connectivity index (χ3n) is 3.56. The number of nitrogens with zero attached hydrogens (tertiary/aromatic N) is 1. The van der Waals surface area contributed by atoms with E-state index in [1.54, 1.807) is 42.5 Å². The second kappa shape index (κ2) is 5.93. The summed E-state index contributed by atoms with van der Waals surface area (Å²) in [5.41, 5.74) is 0.523. The first-order valence-corrected chi connectivity index (χ1v) is 8.46. The van der Waals surface area contributed by atoms with Gasteiger partial charge in [0.05, 0.1) is 10.3 Å². The molecule has 0 aliphatic rings. The Balaban J connectivity index is 2.11. The van der Waals surface area contributed by atoms with Crippen molar-refractivity contribution in [2.45, 2.75) is 11.8 Å². The van der Waals surface area contributed by atoms with Crippen LogP contribution in [0.5, 0.6) is 5.75 Å². The van der Waals surface area contributed by atoms with Gasteiger partial charge in [0.2, 0.25) is 5.75 Å². The molecule has 0 unspecified atom stereocenters. The fourth-order valence-electron chi connectivity index (χ4n) is 2.36. The smallest absolute Gasteiger partial charge is 0.339 e.